The number of nitrogens with zero attached hydrogens (tertiary/aromatic N) is 4. The molecule has 0 radical (unpaired) electrons. The molecule has 0 unspecified atom stereocenters. The largest absolute Gasteiger partial charge is 0.435 e. The second-order valence-electron chi connectivity index (χ2n) is 3.93. The number of ether oxygens (including phenoxy) is 1. The number of rotatable bonds is 2. The fourth-order valence-electron chi connectivity index (χ4n) is 1.62. The van der Waals surface area contributed by atoms with E-state index in [0.717, 1.165) is 17.1 Å². The van der Waals surface area contributed by atoms with Crippen molar-refractivity contribution in [1.82, 2.24) is 19.7 Å². The van der Waals surface area contributed by atoms with E-state index < -0.39 is 0 Å². The Morgan fingerprint density at radius 3 is 2.47 bits per heavy atom. The first-order chi connectivity index (χ1) is 7.97. The van der Waals surface area contributed by atoms with E-state index in [1.807, 2.05) is 27.8 Å². The van der Waals surface area contributed by atoms with Crippen molar-refractivity contribution in [1.29, 1.82) is 0 Å². The van der Waals surface area contributed by atoms with Crippen LogP contribution in [0.5, 0.6) is 11.6 Å². The van der Waals surface area contributed by atoms with Gasteiger partial charge >= 0.3 is 0 Å². The van der Waals surface area contributed by atoms with Crippen LogP contribution in [0.1, 0.15) is 17.1 Å². The molecular weight excluding hydrogens is 218 g/mol. The molecule has 2 rings (SSSR count). The second kappa shape index (κ2) is 4.04. The van der Waals surface area contributed by atoms with Crippen molar-refractivity contribution in [3.8, 4) is 11.6 Å². The van der Waals surface area contributed by atoms with E-state index in [1.54, 1.807) is 10.7 Å². The van der Waals surface area contributed by atoms with E-state index in [0.29, 0.717) is 11.6 Å². The lowest BCUT2D eigenvalue weighted by Gasteiger charge is -2.06. The van der Waals surface area contributed by atoms with Gasteiger partial charge in [-0.25, -0.2) is 4.98 Å². The molecule has 0 aliphatic carbocycles. The van der Waals surface area contributed by atoms with Gasteiger partial charge in [0.25, 0.3) is 0 Å². The maximum atomic E-state index is 5.71. The van der Waals surface area contributed by atoms with Crippen molar-refractivity contribution >= 4 is 5.95 Å². The van der Waals surface area contributed by atoms with Gasteiger partial charge in [0.1, 0.15) is 5.69 Å². The van der Waals surface area contributed by atoms with E-state index in [2.05, 4.69) is 15.1 Å². The van der Waals surface area contributed by atoms with Crippen LogP contribution in [-0.2, 0) is 7.05 Å². The summed E-state index contributed by atoms with van der Waals surface area (Å²) in [5, 5.41) is 4.27. The molecule has 0 saturated carbocycles. The van der Waals surface area contributed by atoms with Gasteiger partial charge in [-0.05, 0) is 20.8 Å². The highest BCUT2D eigenvalue weighted by Crippen LogP contribution is 2.27. The van der Waals surface area contributed by atoms with Gasteiger partial charge in [-0.1, -0.05) is 0 Å². The van der Waals surface area contributed by atoms with Crippen molar-refractivity contribution in [2.45, 2.75) is 20.8 Å². The van der Waals surface area contributed by atoms with Crippen molar-refractivity contribution in [2.75, 3.05) is 5.73 Å². The molecule has 0 spiro atoms. The summed E-state index contributed by atoms with van der Waals surface area (Å²) in [6, 6.07) is 1.74. The van der Waals surface area contributed by atoms with Gasteiger partial charge in [-0.2, -0.15) is 10.1 Å². The molecule has 90 valence electrons. The fourth-order valence-corrected chi connectivity index (χ4v) is 1.62. The highest BCUT2D eigenvalue weighted by atomic mass is 16.5. The van der Waals surface area contributed by atoms with Crippen LogP contribution in [0.4, 0.5) is 5.95 Å². The van der Waals surface area contributed by atoms with Gasteiger partial charge in [-0.3, -0.25) is 4.68 Å². The highest BCUT2D eigenvalue weighted by Gasteiger charge is 2.12. The molecule has 0 bridgehead atoms. The Balaban J connectivity index is 2.37. The average molecular weight is 233 g/mol. The summed E-state index contributed by atoms with van der Waals surface area (Å²) in [6.45, 7) is 5.67. The van der Waals surface area contributed by atoms with Gasteiger partial charge in [-0.15, -0.1) is 0 Å². The number of hydrogen-bond donors (Lipinski definition) is 1. The molecule has 2 aromatic rings. The first kappa shape index (κ1) is 11.4. The number of nitrogen functional groups attached to an aromatic ring is 1. The standard InChI is InChI=1S/C11H15N5O/c1-6-5-9(14-11(12)13-6)17-10-7(2)15-16(4)8(10)3/h5H,1-4H3,(H2,12,13,14). The van der Waals surface area contributed by atoms with Crippen molar-refractivity contribution < 1.29 is 4.74 Å². The van der Waals surface area contributed by atoms with Crippen LogP contribution in [0.3, 0.4) is 0 Å². The number of nitrogens with two attached hydrogens (primary N) is 1. The van der Waals surface area contributed by atoms with Gasteiger partial charge in [0.2, 0.25) is 11.8 Å². The molecule has 0 aliphatic heterocycles. The van der Waals surface area contributed by atoms with Crippen molar-refractivity contribution in [2.24, 2.45) is 7.05 Å². The smallest absolute Gasteiger partial charge is 0.224 e. The Hall–Kier alpha value is -2.11. The lowest BCUT2D eigenvalue weighted by atomic mass is 10.3. The summed E-state index contributed by atoms with van der Waals surface area (Å²) in [5.74, 6) is 1.36. The second-order valence-corrected chi connectivity index (χ2v) is 3.93. The van der Waals surface area contributed by atoms with E-state index in [-0.39, 0.29) is 5.95 Å². The Labute approximate surface area is 99.4 Å². The average Bonchev–Trinajstić information content (AvgIpc) is 2.44. The third-order valence-corrected chi connectivity index (χ3v) is 2.50. The van der Waals surface area contributed by atoms with Crippen LogP contribution < -0.4 is 10.5 Å². The fraction of sp³-hybridized carbons (Fsp3) is 0.364. The molecule has 6 heteroatoms. The topological polar surface area (TPSA) is 78.8 Å². The van der Waals surface area contributed by atoms with E-state index in [4.69, 9.17) is 10.5 Å². The summed E-state index contributed by atoms with van der Waals surface area (Å²) in [6.07, 6.45) is 0. The number of aromatic nitrogens is 4. The summed E-state index contributed by atoms with van der Waals surface area (Å²) in [4.78, 5) is 8.02. The number of anilines is 1. The minimum Gasteiger partial charge on any atom is -0.435 e. The minimum absolute atomic E-state index is 0.208. The maximum absolute atomic E-state index is 5.71. The predicted molar refractivity (Wildman–Crippen MR) is 63.9 cm³/mol. The molecule has 17 heavy (non-hydrogen) atoms. The zero-order chi connectivity index (χ0) is 12.6. The van der Waals surface area contributed by atoms with Crippen molar-refractivity contribution in [3.05, 3.63) is 23.1 Å². The molecule has 0 aromatic carbocycles. The Bertz CT molecular complexity index is 541. The molecule has 0 fully saturated rings. The van der Waals surface area contributed by atoms with Crippen LogP contribution in [-0.4, -0.2) is 19.7 Å². The zero-order valence-electron chi connectivity index (χ0n) is 10.4. The number of aryl methyl sites for hydroxylation is 3. The van der Waals surface area contributed by atoms with E-state index in [9.17, 15) is 0 Å². The summed E-state index contributed by atoms with van der Waals surface area (Å²) in [5.41, 5.74) is 8.10. The van der Waals surface area contributed by atoms with Gasteiger partial charge in [0.05, 0.1) is 5.69 Å². The Kier molecular flexibility index (Phi) is 2.71. The third kappa shape index (κ3) is 2.20. The number of hydrogen-bond acceptors (Lipinski definition) is 5. The first-order valence-electron chi connectivity index (χ1n) is 5.26. The summed E-state index contributed by atoms with van der Waals surface area (Å²) >= 11 is 0. The molecular formula is C11H15N5O. The maximum Gasteiger partial charge on any atom is 0.224 e. The lowest BCUT2D eigenvalue weighted by molar-refractivity contribution is 0.454. The molecule has 0 atom stereocenters. The molecule has 2 N–H and O–H groups in total. The molecule has 0 amide bonds. The van der Waals surface area contributed by atoms with E-state index in [1.165, 1.54) is 0 Å². The lowest BCUT2D eigenvalue weighted by Crippen LogP contribution is -1.99. The van der Waals surface area contributed by atoms with Crippen LogP contribution >= 0.6 is 0 Å². The first-order valence-corrected chi connectivity index (χ1v) is 5.26. The van der Waals surface area contributed by atoms with Crippen LogP contribution in [0, 0.1) is 20.8 Å². The van der Waals surface area contributed by atoms with Gasteiger partial charge < -0.3 is 10.5 Å². The molecule has 0 saturated heterocycles. The van der Waals surface area contributed by atoms with Crippen LogP contribution in [0.25, 0.3) is 0 Å². The molecule has 6 nitrogen and oxygen atoms in total. The summed E-state index contributed by atoms with van der Waals surface area (Å²) in [7, 11) is 1.87. The quantitative estimate of drug-likeness (QED) is 0.850. The van der Waals surface area contributed by atoms with Gasteiger partial charge in [0.15, 0.2) is 5.75 Å². The Morgan fingerprint density at radius 2 is 1.94 bits per heavy atom. The van der Waals surface area contributed by atoms with Gasteiger partial charge in [0, 0.05) is 18.8 Å². The predicted octanol–water partition coefficient (Wildman–Crippen LogP) is 1.51. The van der Waals surface area contributed by atoms with E-state index >= 15 is 0 Å². The zero-order valence-corrected chi connectivity index (χ0v) is 10.4. The van der Waals surface area contributed by atoms with Crippen molar-refractivity contribution in [3.63, 3.8) is 0 Å². The Morgan fingerprint density at radius 1 is 1.24 bits per heavy atom. The third-order valence-electron chi connectivity index (χ3n) is 2.50. The molecule has 2 heterocycles. The normalized spacial score (nSPS) is 10.6. The monoisotopic (exact) mass is 233 g/mol. The highest BCUT2D eigenvalue weighted by molar-refractivity contribution is 5.36. The molecule has 2 aromatic heterocycles. The van der Waals surface area contributed by atoms with Crippen LogP contribution in [0.15, 0.2) is 6.07 Å². The SMILES string of the molecule is Cc1cc(Oc2c(C)nn(C)c2C)nc(N)n1. The molecule has 0 aliphatic rings. The summed E-state index contributed by atoms with van der Waals surface area (Å²) < 4.78 is 7.47. The van der Waals surface area contributed by atoms with Crippen LogP contribution in [0.2, 0.25) is 0 Å². The minimum atomic E-state index is 0.208.